The number of ether oxygens (including phenoxy) is 2. The van der Waals surface area contributed by atoms with Gasteiger partial charge in [0.25, 0.3) is 0 Å². The lowest BCUT2D eigenvalue weighted by Crippen LogP contribution is -2.57. The maximum atomic E-state index is 13.1. The minimum atomic E-state index is -1.80. The molecule has 0 aromatic carbocycles. The highest BCUT2D eigenvalue weighted by Crippen LogP contribution is 2.23. The number of rotatable bonds is 2. The van der Waals surface area contributed by atoms with E-state index in [4.69, 9.17) is 14.9 Å². The molecule has 0 aromatic rings. The highest BCUT2D eigenvalue weighted by Gasteiger charge is 2.44. The number of hydrogen-bond donors (Lipinski definition) is 3. The molecule has 5 nitrogen and oxygen atoms in total. The molecule has 1 fully saturated rings. The first-order valence-corrected chi connectivity index (χ1v) is 3.91. The topological polar surface area (TPSA) is 79.2 Å². The Morgan fingerprint density at radius 1 is 1.38 bits per heavy atom. The Morgan fingerprint density at radius 3 is 2.46 bits per heavy atom. The van der Waals surface area contributed by atoms with Crippen LogP contribution in [0.25, 0.3) is 0 Å². The number of alkyl halides is 1. The van der Waals surface area contributed by atoms with Crippen molar-refractivity contribution in [2.24, 2.45) is 0 Å². The van der Waals surface area contributed by atoms with Gasteiger partial charge in [0.2, 0.25) is 0 Å². The number of aliphatic hydroxyl groups is 3. The quantitative estimate of drug-likeness (QED) is 0.496. The van der Waals surface area contributed by atoms with E-state index in [-0.39, 0.29) is 0 Å². The summed E-state index contributed by atoms with van der Waals surface area (Å²) < 4.78 is 22.5. The van der Waals surface area contributed by atoms with Crippen LogP contribution in [-0.2, 0) is 9.47 Å². The summed E-state index contributed by atoms with van der Waals surface area (Å²) in [5.74, 6) is 0. The molecule has 1 heterocycles. The SMILES string of the molecule is CO[C@H]1O[C@H](CO)[C@H](F)[C@H](O)[C@H]1O. The summed E-state index contributed by atoms with van der Waals surface area (Å²) in [6, 6.07) is 0. The predicted molar refractivity (Wildman–Crippen MR) is 39.7 cm³/mol. The summed E-state index contributed by atoms with van der Waals surface area (Å²) in [5.41, 5.74) is 0. The molecule has 1 saturated heterocycles. The van der Waals surface area contributed by atoms with Gasteiger partial charge in [0.05, 0.1) is 6.61 Å². The van der Waals surface area contributed by atoms with Crippen molar-refractivity contribution in [1.82, 2.24) is 0 Å². The summed E-state index contributed by atoms with van der Waals surface area (Å²) in [7, 11) is 1.26. The molecule has 1 aliphatic rings. The first-order chi connectivity index (χ1) is 6.11. The van der Waals surface area contributed by atoms with Crippen LogP contribution in [0.3, 0.4) is 0 Å². The number of hydrogen-bond acceptors (Lipinski definition) is 5. The number of aliphatic hydroxyl groups excluding tert-OH is 3. The van der Waals surface area contributed by atoms with Gasteiger partial charge in [-0.05, 0) is 0 Å². The molecule has 5 atom stereocenters. The molecule has 1 aliphatic heterocycles. The third kappa shape index (κ3) is 1.97. The Morgan fingerprint density at radius 2 is 2.00 bits per heavy atom. The molecule has 6 heteroatoms. The van der Waals surface area contributed by atoms with E-state index >= 15 is 0 Å². The van der Waals surface area contributed by atoms with Crippen molar-refractivity contribution in [2.45, 2.75) is 30.8 Å². The van der Waals surface area contributed by atoms with E-state index in [2.05, 4.69) is 4.74 Å². The fourth-order valence-electron chi connectivity index (χ4n) is 1.24. The normalized spacial score (nSPS) is 46.4. The predicted octanol–water partition coefficient (Wildman–Crippen LogP) is -1.59. The van der Waals surface area contributed by atoms with Crippen molar-refractivity contribution < 1.29 is 29.2 Å². The van der Waals surface area contributed by atoms with Gasteiger partial charge in [-0.1, -0.05) is 0 Å². The summed E-state index contributed by atoms with van der Waals surface area (Å²) in [5, 5.41) is 27.0. The monoisotopic (exact) mass is 196 g/mol. The van der Waals surface area contributed by atoms with E-state index in [0.717, 1.165) is 0 Å². The largest absolute Gasteiger partial charge is 0.394 e. The molecular weight excluding hydrogens is 183 g/mol. The van der Waals surface area contributed by atoms with Gasteiger partial charge < -0.3 is 24.8 Å². The Kier molecular flexibility index (Phi) is 3.57. The van der Waals surface area contributed by atoms with Gasteiger partial charge in [-0.3, -0.25) is 0 Å². The Balaban J connectivity index is 2.66. The second-order valence-electron chi connectivity index (χ2n) is 2.89. The zero-order valence-corrected chi connectivity index (χ0v) is 7.13. The third-order valence-electron chi connectivity index (χ3n) is 2.03. The zero-order valence-electron chi connectivity index (χ0n) is 7.13. The second kappa shape index (κ2) is 4.30. The maximum Gasteiger partial charge on any atom is 0.186 e. The second-order valence-corrected chi connectivity index (χ2v) is 2.89. The highest BCUT2D eigenvalue weighted by atomic mass is 19.1. The standard InChI is InChI=1S/C7H13FO5/c1-12-7-6(11)5(10)4(8)3(2-9)13-7/h3-7,9-11H,2H2,1H3/t3-,4+,5+,6-,7+/m1/s1. The zero-order chi connectivity index (χ0) is 10.0. The molecule has 0 unspecified atom stereocenters. The van der Waals surface area contributed by atoms with Crippen molar-refractivity contribution in [3.05, 3.63) is 0 Å². The number of methoxy groups -OCH3 is 1. The molecule has 0 aromatic heterocycles. The van der Waals surface area contributed by atoms with Gasteiger partial charge in [0.15, 0.2) is 12.5 Å². The van der Waals surface area contributed by atoms with Crippen molar-refractivity contribution in [3.63, 3.8) is 0 Å². The van der Waals surface area contributed by atoms with Crippen LogP contribution in [-0.4, -0.2) is 59.8 Å². The summed E-state index contributed by atoms with van der Waals surface area (Å²) in [4.78, 5) is 0. The molecule has 0 bridgehead atoms. The minimum absolute atomic E-state index is 0.565. The average Bonchev–Trinajstić information content (AvgIpc) is 2.15. The molecular formula is C7H13FO5. The molecule has 0 spiro atoms. The van der Waals surface area contributed by atoms with Crippen LogP contribution in [0.15, 0.2) is 0 Å². The lowest BCUT2D eigenvalue weighted by atomic mass is 10.0. The van der Waals surface area contributed by atoms with Crippen LogP contribution in [0.2, 0.25) is 0 Å². The van der Waals surface area contributed by atoms with Crippen LogP contribution in [0.1, 0.15) is 0 Å². The summed E-state index contributed by atoms with van der Waals surface area (Å²) in [6.07, 6.45) is -7.06. The van der Waals surface area contributed by atoms with Gasteiger partial charge >= 0.3 is 0 Å². The third-order valence-corrected chi connectivity index (χ3v) is 2.03. The molecule has 0 amide bonds. The van der Waals surface area contributed by atoms with E-state index in [9.17, 15) is 9.50 Å². The Bertz CT molecular complexity index is 147. The van der Waals surface area contributed by atoms with Crippen molar-refractivity contribution in [1.29, 1.82) is 0 Å². The maximum absolute atomic E-state index is 13.1. The van der Waals surface area contributed by atoms with Gasteiger partial charge in [0.1, 0.15) is 18.3 Å². The van der Waals surface area contributed by atoms with Crippen LogP contribution >= 0.6 is 0 Å². The van der Waals surface area contributed by atoms with E-state index in [1.54, 1.807) is 0 Å². The van der Waals surface area contributed by atoms with E-state index in [1.807, 2.05) is 0 Å². The highest BCUT2D eigenvalue weighted by molar-refractivity contribution is 4.88. The lowest BCUT2D eigenvalue weighted by Gasteiger charge is -2.37. The van der Waals surface area contributed by atoms with Gasteiger partial charge in [-0.15, -0.1) is 0 Å². The minimum Gasteiger partial charge on any atom is -0.394 e. The molecule has 3 N–H and O–H groups in total. The summed E-state index contributed by atoms with van der Waals surface area (Å²) in [6.45, 7) is -0.565. The molecule has 78 valence electrons. The first-order valence-electron chi connectivity index (χ1n) is 3.91. The van der Waals surface area contributed by atoms with Crippen LogP contribution < -0.4 is 0 Å². The smallest absolute Gasteiger partial charge is 0.186 e. The van der Waals surface area contributed by atoms with Crippen LogP contribution in [0, 0.1) is 0 Å². The van der Waals surface area contributed by atoms with Crippen molar-refractivity contribution in [2.75, 3.05) is 13.7 Å². The van der Waals surface area contributed by atoms with E-state index in [1.165, 1.54) is 7.11 Å². The molecule has 1 rings (SSSR count). The molecule has 0 radical (unpaired) electrons. The van der Waals surface area contributed by atoms with Crippen molar-refractivity contribution in [3.8, 4) is 0 Å². The molecule has 0 saturated carbocycles. The first kappa shape index (κ1) is 10.8. The van der Waals surface area contributed by atoms with Crippen LogP contribution in [0.4, 0.5) is 4.39 Å². The average molecular weight is 196 g/mol. The van der Waals surface area contributed by atoms with Crippen LogP contribution in [0.5, 0.6) is 0 Å². The van der Waals surface area contributed by atoms with E-state index in [0.29, 0.717) is 0 Å². The fraction of sp³-hybridized carbons (Fsp3) is 1.00. The van der Waals surface area contributed by atoms with Gasteiger partial charge in [-0.25, -0.2) is 4.39 Å². The number of halogens is 1. The van der Waals surface area contributed by atoms with Gasteiger partial charge in [-0.2, -0.15) is 0 Å². The summed E-state index contributed by atoms with van der Waals surface area (Å²) >= 11 is 0. The fourth-order valence-corrected chi connectivity index (χ4v) is 1.24. The lowest BCUT2D eigenvalue weighted by molar-refractivity contribution is -0.283. The Labute approximate surface area is 74.7 Å². The molecule has 0 aliphatic carbocycles. The molecule has 13 heavy (non-hydrogen) atoms. The van der Waals surface area contributed by atoms with Gasteiger partial charge in [0, 0.05) is 7.11 Å². The van der Waals surface area contributed by atoms with Crippen molar-refractivity contribution >= 4 is 0 Å². The Hall–Kier alpha value is -0.270. The van der Waals surface area contributed by atoms with E-state index < -0.39 is 37.4 Å².